The molecule has 0 amide bonds. The van der Waals surface area contributed by atoms with Crippen molar-refractivity contribution in [2.45, 2.75) is 19.3 Å². The molecule has 0 spiro atoms. The van der Waals surface area contributed by atoms with Crippen molar-refractivity contribution in [2.75, 3.05) is 21.2 Å². The van der Waals surface area contributed by atoms with Crippen LogP contribution in [0.3, 0.4) is 0 Å². The molecule has 0 saturated carbocycles. The number of hydrogen-bond acceptors (Lipinski definition) is 3. The predicted octanol–water partition coefficient (Wildman–Crippen LogP) is 3.80. The van der Waals surface area contributed by atoms with Gasteiger partial charge in [0.15, 0.2) is 0 Å². The largest absolute Gasteiger partial charge is 0.465 e. The molecule has 0 aliphatic heterocycles. The second-order valence-electron chi connectivity index (χ2n) is 5.60. The molecule has 0 radical (unpaired) electrons. The van der Waals surface area contributed by atoms with Crippen molar-refractivity contribution in [3.63, 3.8) is 0 Å². The van der Waals surface area contributed by atoms with Crippen LogP contribution >= 0.6 is 0 Å². The van der Waals surface area contributed by atoms with Crippen LogP contribution in [0.1, 0.15) is 24.8 Å². The van der Waals surface area contributed by atoms with Crippen LogP contribution in [-0.4, -0.2) is 32.1 Å². The normalized spacial score (nSPS) is 15.5. The molecule has 3 heteroatoms. The van der Waals surface area contributed by atoms with Gasteiger partial charge in [0.25, 0.3) is 0 Å². The van der Waals surface area contributed by atoms with Crippen molar-refractivity contribution in [1.29, 1.82) is 0 Å². The third-order valence-corrected chi connectivity index (χ3v) is 3.65. The lowest BCUT2D eigenvalue weighted by Crippen LogP contribution is -2.12. The minimum absolute atomic E-state index is 0.267. The molecule has 0 aromatic heterocycles. The monoisotopic (exact) mass is 297 g/mol. The standard InChI is InChI=1S/C19H23NO2/c1-20(2)14-18(19(21)22-3)17-11-7-10-16(17)13-12-15-8-5-4-6-9-15/h4-6,8-9,12-14H,7,10-11H2,1-3H3. The summed E-state index contributed by atoms with van der Waals surface area (Å²) in [6.45, 7) is 0. The van der Waals surface area contributed by atoms with E-state index in [-0.39, 0.29) is 5.97 Å². The van der Waals surface area contributed by atoms with E-state index >= 15 is 0 Å². The van der Waals surface area contributed by atoms with Crippen LogP contribution in [0.5, 0.6) is 0 Å². The van der Waals surface area contributed by atoms with Crippen LogP contribution in [0.2, 0.25) is 0 Å². The quantitative estimate of drug-likeness (QED) is 0.611. The topological polar surface area (TPSA) is 29.5 Å². The first kappa shape index (κ1) is 16.1. The summed E-state index contributed by atoms with van der Waals surface area (Å²) in [6.07, 6.45) is 9.08. The van der Waals surface area contributed by atoms with Gasteiger partial charge in [-0.05, 0) is 36.0 Å². The molecule has 1 aliphatic carbocycles. The van der Waals surface area contributed by atoms with Crippen LogP contribution in [0.15, 0.2) is 59.3 Å². The summed E-state index contributed by atoms with van der Waals surface area (Å²) in [7, 11) is 5.26. The number of allylic oxidation sites excluding steroid dienone is 2. The Morgan fingerprint density at radius 3 is 2.50 bits per heavy atom. The van der Waals surface area contributed by atoms with Crippen molar-refractivity contribution in [1.82, 2.24) is 4.90 Å². The molecule has 0 heterocycles. The fraction of sp³-hybridized carbons (Fsp3) is 0.316. The van der Waals surface area contributed by atoms with Crippen molar-refractivity contribution in [2.24, 2.45) is 0 Å². The molecule has 0 bridgehead atoms. The van der Waals surface area contributed by atoms with Gasteiger partial charge in [0.05, 0.1) is 12.7 Å². The zero-order chi connectivity index (χ0) is 15.9. The average molecular weight is 297 g/mol. The van der Waals surface area contributed by atoms with E-state index in [0.717, 1.165) is 30.4 Å². The number of nitrogens with zero attached hydrogens (tertiary/aromatic N) is 1. The minimum atomic E-state index is -0.267. The van der Waals surface area contributed by atoms with Crippen LogP contribution in [-0.2, 0) is 9.53 Å². The number of ether oxygens (including phenoxy) is 1. The molecular formula is C19H23NO2. The highest BCUT2D eigenvalue weighted by Gasteiger charge is 2.22. The van der Waals surface area contributed by atoms with Gasteiger partial charge in [0, 0.05) is 20.3 Å². The maximum absolute atomic E-state index is 12.1. The summed E-state index contributed by atoms with van der Waals surface area (Å²) in [5.74, 6) is -0.267. The van der Waals surface area contributed by atoms with Gasteiger partial charge in [0.1, 0.15) is 0 Å². The molecule has 0 N–H and O–H groups in total. The molecule has 1 aromatic rings. The Bertz CT molecular complexity index is 610. The molecule has 22 heavy (non-hydrogen) atoms. The molecule has 3 nitrogen and oxygen atoms in total. The first-order valence-corrected chi connectivity index (χ1v) is 7.54. The van der Waals surface area contributed by atoms with Crippen LogP contribution in [0, 0.1) is 0 Å². The fourth-order valence-corrected chi connectivity index (χ4v) is 2.64. The molecule has 0 atom stereocenters. The number of benzene rings is 1. The van der Waals surface area contributed by atoms with Gasteiger partial charge in [-0.25, -0.2) is 4.79 Å². The van der Waals surface area contributed by atoms with Gasteiger partial charge in [0.2, 0.25) is 0 Å². The molecular weight excluding hydrogens is 274 g/mol. The second-order valence-corrected chi connectivity index (χ2v) is 5.60. The molecule has 2 rings (SSSR count). The molecule has 0 saturated heterocycles. The third kappa shape index (κ3) is 4.10. The number of rotatable bonds is 5. The summed E-state index contributed by atoms with van der Waals surface area (Å²) in [5, 5.41) is 0. The summed E-state index contributed by atoms with van der Waals surface area (Å²) < 4.78 is 4.94. The molecule has 1 aliphatic rings. The SMILES string of the molecule is COC(=O)C(=CN(C)C)C1=C(C=Cc2ccccc2)CCC1. The first-order chi connectivity index (χ1) is 10.6. The maximum Gasteiger partial charge on any atom is 0.339 e. The molecule has 116 valence electrons. The molecule has 0 unspecified atom stereocenters. The van der Waals surface area contributed by atoms with E-state index in [1.807, 2.05) is 43.4 Å². The lowest BCUT2D eigenvalue weighted by Gasteiger charge is -2.12. The maximum atomic E-state index is 12.1. The summed E-state index contributed by atoms with van der Waals surface area (Å²) in [4.78, 5) is 14.0. The Morgan fingerprint density at radius 2 is 1.86 bits per heavy atom. The Kier molecular flexibility index (Phi) is 5.59. The second kappa shape index (κ2) is 7.64. The van der Waals surface area contributed by atoms with Crippen LogP contribution in [0.4, 0.5) is 0 Å². The van der Waals surface area contributed by atoms with E-state index in [4.69, 9.17) is 4.74 Å². The van der Waals surface area contributed by atoms with Crippen molar-refractivity contribution < 1.29 is 9.53 Å². The molecule has 0 fully saturated rings. The fourth-order valence-electron chi connectivity index (χ4n) is 2.64. The van der Waals surface area contributed by atoms with E-state index in [0.29, 0.717) is 5.57 Å². The number of carbonyl (C=O) groups is 1. The summed E-state index contributed by atoms with van der Waals surface area (Å²) >= 11 is 0. The zero-order valence-electron chi connectivity index (χ0n) is 13.5. The van der Waals surface area contributed by atoms with E-state index in [9.17, 15) is 4.79 Å². The van der Waals surface area contributed by atoms with Gasteiger partial charge in [-0.3, -0.25) is 0 Å². The lowest BCUT2D eigenvalue weighted by atomic mass is 10.0. The average Bonchev–Trinajstić information content (AvgIpc) is 2.99. The zero-order valence-corrected chi connectivity index (χ0v) is 13.5. The smallest absolute Gasteiger partial charge is 0.339 e. The van der Waals surface area contributed by atoms with Gasteiger partial charge < -0.3 is 9.64 Å². The van der Waals surface area contributed by atoms with Crippen molar-refractivity contribution >= 4 is 12.0 Å². The van der Waals surface area contributed by atoms with Gasteiger partial charge in [-0.1, -0.05) is 42.5 Å². The van der Waals surface area contributed by atoms with E-state index < -0.39 is 0 Å². The van der Waals surface area contributed by atoms with Crippen molar-refractivity contribution in [3.8, 4) is 0 Å². The highest BCUT2D eigenvalue weighted by Crippen LogP contribution is 2.33. The lowest BCUT2D eigenvalue weighted by molar-refractivity contribution is -0.135. The predicted molar refractivity (Wildman–Crippen MR) is 90.1 cm³/mol. The Morgan fingerprint density at radius 1 is 1.14 bits per heavy atom. The first-order valence-electron chi connectivity index (χ1n) is 7.54. The number of methoxy groups -OCH3 is 1. The Balaban J connectivity index is 2.33. The highest BCUT2D eigenvalue weighted by atomic mass is 16.5. The summed E-state index contributed by atoms with van der Waals surface area (Å²) in [6, 6.07) is 10.2. The number of hydrogen-bond donors (Lipinski definition) is 0. The van der Waals surface area contributed by atoms with E-state index in [2.05, 4.69) is 24.3 Å². The number of esters is 1. The number of carbonyl (C=O) groups excluding carboxylic acids is 1. The molecule has 1 aromatic carbocycles. The van der Waals surface area contributed by atoms with Gasteiger partial charge >= 0.3 is 5.97 Å². The van der Waals surface area contributed by atoms with Gasteiger partial charge in [-0.15, -0.1) is 0 Å². The Labute approximate surface area is 132 Å². The van der Waals surface area contributed by atoms with Crippen LogP contribution < -0.4 is 0 Å². The highest BCUT2D eigenvalue weighted by molar-refractivity contribution is 5.94. The van der Waals surface area contributed by atoms with Crippen molar-refractivity contribution in [3.05, 3.63) is 64.9 Å². The summed E-state index contributed by atoms with van der Waals surface area (Å²) in [5.41, 5.74) is 4.16. The van der Waals surface area contributed by atoms with Gasteiger partial charge in [-0.2, -0.15) is 0 Å². The minimum Gasteiger partial charge on any atom is -0.465 e. The third-order valence-electron chi connectivity index (χ3n) is 3.65. The Hall–Kier alpha value is -2.29. The van der Waals surface area contributed by atoms with E-state index in [1.165, 1.54) is 12.7 Å². The van der Waals surface area contributed by atoms with E-state index in [1.54, 1.807) is 0 Å². The van der Waals surface area contributed by atoms with Crippen LogP contribution in [0.25, 0.3) is 6.08 Å².